The Kier molecular flexibility index (Phi) is 4.32. The van der Waals surface area contributed by atoms with E-state index >= 15 is 0 Å². The molecule has 2 N–H and O–H groups in total. The molecule has 0 aromatic heterocycles. The zero-order valence-corrected chi connectivity index (χ0v) is 12.0. The van der Waals surface area contributed by atoms with Gasteiger partial charge < -0.3 is 5.11 Å². The molecule has 118 valence electrons. The largest absolute Gasteiger partial charge is 0.390 e. The number of halogens is 3. The fraction of sp³-hybridized carbons (Fsp3) is 0.538. The van der Waals surface area contributed by atoms with Gasteiger partial charge in [0, 0.05) is 19.4 Å². The highest BCUT2D eigenvalue weighted by atomic mass is 32.2. The van der Waals surface area contributed by atoms with E-state index in [1.165, 1.54) is 0 Å². The Morgan fingerprint density at radius 2 is 1.71 bits per heavy atom. The number of alkyl halides is 3. The summed E-state index contributed by atoms with van der Waals surface area (Å²) < 4.78 is 61.2. The first-order valence-electron chi connectivity index (χ1n) is 6.42. The first-order valence-corrected chi connectivity index (χ1v) is 8.07. The van der Waals surface area contributed by atoms with Gasteiger partial charge in [0.25, 0.3) is 0 Å². The van der Waals surface area contributed by atoms with Gasteiger partial charge in [-0.1, -0.05) is 24.3 Å². The third kappa shape index (κ3) is 4.69. The third-order valence-electron chi connectivity index (χ3n) is 3.43. The van der Waals surface area contributed by atoms with E-state index in [9.17, 15) is 26.7 Å². The van der Waals surface area contributed by atoms with E-state index in [1.54, 1.807) is 0 Å². The summed E-state index contributed by atoms with van der Waals surface area (Å²) in [4.78, 5) is 0. The number of sulfonamides is 1. The second kappa shape index (κ2) is 5.58. The number of hydrogen-bond acceptors (Lipinski definition) is 3. The van der Waals surface area contributed by atoms with Crippen LogP contribution in [-0.2, 0) is 22.9 Å². The molecule has 21 heavy (non-hydrogen) atoms. The molecular weight excluding hydrogens is 307 g/mol. The van der Waals surface area contributed by atoms with Crippen molar-refractivity contribution in [1.82, 2.24) is 4.72 Å². The van der Waals surface area contributed by atoms with Crippen molar-refractivity contribution in [2.75, 3.05) is 12.3 Å². The molecule has 0 heterocycles. The SMILES string of the molecule is O=S(=O)(CCC(F)(F)F)NCC1(O)Cc2ccccc2C1. The Balaban J connectivity index is 1.92. The number of rotatable bonds is 5. The third-order valence-corrected chi connectivity index (χ3v) is 4.76. The molecule has 1 aliphatic carbocycles. The van der Waals surface area contributed by atoms with Gasteiger partial charge in [-0.2, -0.15) is 13.2 Å². The lowest BCUT2D eigenvalue weighted by Crippen LogP contribution is -2.44. The molecule has 1 aromatic carbocycles. The standard InChI is InChI=1S/C13H16F3NO3S/c14-13(15,16)5-6-21(19,20)17-9-12(18)7-10-3-1-2-4-11(10)8-12/h1-4,17-18H,5-9H2. The van der Waals surface area contributed by atoms with Gasteiger partial charge in [-0.15, -0.1) is 0 Å². The van der Waals surface area contributed by atoms with Crippen molar-refractivity contribution in [1.29, 1.82) is 0 Å². The molecule has 0 spiro atoms. The van der Waals surface area contributed by atoms with Gasteiger partial charge in [-0.05, 0) is 11.1 Å². The molecule has 0 unspecified atom stereocenters. The van der Waals surface area contributed by atoms with Crippen LogP contribution in [0.2, 0.25) is 0 Å². The maximum Gasteiger partial charge on any atom is 0.390 e. The smallest absolute Gasteiger partial charge is 0.388 e. The minimum atomic E-state index is -4.52. The van der Waals surface area contributed by atoms with E-state index < -0.39 is 34.0 Å². The number of hydrogen-bond donors (Lipinski definition) is 2. The average Bonchev–Trinajstić information content (AvgIpc) is 2.71. The summed E-state index contributed by atoms with van der Waals surface area (Å²) in [5.74, 6) is -1.03. The van der Waals surface area contributed by atoms with Crippen molar-refractivity contribution in [3.63, 3.8) is 0 Å². The van der Waals surface area contributed by atoms with Crippen molar-refractivity contribution >= 4 is 10.0 Å². The molecule has 4 nitrogen and oxygen atoms in total. The van der Waals surface area contributed by atoms with Crippen LogP contribution in [-0.4, -0.2) is 37.6 Å². The van der Waals surface area contributed by atoms with Gasteiger partial charge >= 0.3 is 6.18 Å². The van der Waals surface area contributed by atoms with E-state index in [0.29, 0.717) is 0 Å². The second-order valence-electron chi connectivity index (χ2n) is 5.35. The number of fused-ring (bicyclic) bond motifs is 1. The van der Waals surface area contributed by atoms with Gasteiger partial charge in [0.05, 0.1) is 17.8 Å². The van der Waals surface area contributed by atoms with Crippen molar-refractivity contribution in [2.45, 2.75) is 31.0 Å². The van der Waals surface area contributed by atoms with Crippen LogP contribution in [0.4, 0.5) is 13.2 Å². The predicted octanol–water partition coefficient (Wildman–Crippen LogP) is 1.39. The molecule has 0 bridgehead atoms. The molecule has 1 aromatic rings. The van der Waals surface area contributed by atoms with Gasteiger partial charge in [-0.25, -0.2) is 13.1 Å². The zero-order chi connectivity index (χ0) is 15.7. The first kappa shape index (κ1) is 16.3. The molecule has 0 fully saturated rings. The molecular formula is C13H16F3NO3S. The van der Waals surface area contributed by atoms with Crippen LogP contribution < -0.4 is 4.72 Å². The van der Waals surface area contributed by atoms with Crippen LogP contribution in [0.25, 0.3) is 0 Å². The number of nitrogens with one attached hydrogen (secondary N) is 1. The molecule has 1 aliphatic rings. The normalized spacial score (nSPS) is 17.7. The lowest BCUT2D eigenvalue weighted by Gasteiger charge is -2.22. The molecule has 2 rings (SSSR count). The van der Waals surface area contributed by atoms with Gasteiger partial charge in [-0.3, -0.25) is 0 Å². The topological polar surface area (TPSA) is 66.4 Å². The lowest BCUT2D eigenvalue weighted by atomic mass is 10.0. The summed E-state index contributed by atoms with van der Waals surface area (Å²) in [6.07, 6.45) is -5.35. The quantitative estimate of drug-likeness (QED) is 0.860. The highest BCUT2D eigenvalue weighted by Crippen LogP contribution is 2.29. The summed E-state index contributed by atoms with van der Waals surface area (Å²) in [5, 5.41) is 10.4. The van der Waals surface area contributed by atoms with Crippen LogP contribution in [0.5, 0.6) is 0 Å². The molecule has 0 saturated heterocycles. The summed E-state index contributed by atoms with van der Waals surface area (Å²) in [5.41, 5.74) is 0.568. The highest BCUT2D eigenvalue weighted by molar-refractivity contribution is 7.89. The van der Waals surface area contributed by atoms with Crippen molar-refractivity contribution in [2.24, 2.45) is 0 Å². The Hall–Kier alpha value is -1.12. The minimum Gasteiger partial charge on any atom is -0.388 e. The molecule has 8 heteroatoms. The van der Waals surface area contributed by atoms with E-state index in [2.05, 4.69) is 4.72 Å². The molecule has 0 amide bonds. The van der Waals surface area contributed by atoms with Gasteiger partial charge in [0.2, 0.25) is 10.0 Å². The van der Waals surface area contributed by atoms with Crippen molar-refractivity contribution in [3.8, 4) is 0 Å². The van der Waals surface area contributed by atoms with E-state index in [4.69, 9.17) is 0 Å². The number of aliphatic hydroxyl groups is 1. The van der Waals surface area contributed by atoms with E-state index in [-0.39, 0.29) is 19.4 Å². The summed E-state index contributed by atoms with van der Waals surface area (Å²) in [7, 11) is -4.06. The zero-order valence-electron chi connectivity index (χ0n) is 11.2. The van der Waals surface area contributed by atoms with E-state index in [1.807, 2.05) is 24.3 Å². The second-order valence-corrected chi connectivity index (χ2v) is 7.28. The van der Waals surface area contributed by atoms with Gasteiger partial charge in [0.15, 0.2) is 0 Å². The Morgan fingerprint density at radius 1 is 1.19 bits per heavy atom. The maximum atomic E-state index is 12.0. The average molecular weight is 323 g/mol. The molecule has 0 saturated carbocycles. The lowest BCUT2D eigenvalue weighted by molar-refractivity contribution is -0.129. The predicted molar refractivity (Wildman–Crippen MR) is 71.3 cm³/mol. The first-order chi connectivity index (χ1) is 9.59. The van der Waals surface area contributed by atoms with Crippen LogP contribution >= 0.6 is 0 Å². The van der Waals surface area contributed by atoms with Crippen LogP contribution in [0, 0.1) is 0 Å². The fourth-order valence-electron chi connectivity index (χ4n) is 2.37. The summed E-state index contributed by atoms with van der Waals surface area (Å²) >= 11 is 0. The maximum absolute atomic E-state index is 12.0. The van der Waals surface area contributed by atoms with Crippen LogP contribution in [0.3, 0.4) is 0 Å². The number of benzene rings is 1. The Labute approximate surface area is 121 Å². The highest BCUT2D eigenvalue weighted by Gasteiger charge is 2.36. The fourth-order valence-corrected chi connectivity index (χ4v) is 3.50. The monoisotopic (exact) mass is 323 g/mol. The van der Waals surface area contributed by atoms with E-state index in [0.717, 1.165) is 11.1 Å². The van der Waals surface area contributed by atoms with Gasteiger partial charge in [0.1, 0.15) is 0 Å². The minimum absolute atomic E-state index is 0.283. The van der Waals surface area contributed by atoms with Crippen LogP contribution in [0.15, 0.2) is 24.3 Å². The molecule has 0 atom stereocenters. The van der Waals surface area contributed by atoms with Crippen molar-refractivity contribution in [3.05, 3.63) is 35.4 Å². The van der Waals surface area contributed by atoms with Crippen LogP contribution in [0.1, 0.15) is 17.5 Å². The summed E-state index contributed by atoms with van der Waals surface area (Å²) in [6, 6.07) is 7.31. The van der Waals surface area contributed by atoms with Crippen molar-refractivity contribution < 1.29 is 26.7 Å². The summed E-state index contributed by atoms with van der Waals surface area (Å²) in [6.45, 7) is -0.290. The Morgan fingerprint density at radius 3 is 2.19 bits per heavy atom. The Bertz CT molecular complexity index is 588. The molecule has 0 radical (unpaired) electrons. The molecule has 0 aliphatic heterocycles.